The van der Waals surface area contributed by atoms with Crippen molar-refractivity contribution >= 4 is 29.2 Å². The Morgan fingerprint density at radius 3 is 1.76 bits per heavy atom. The van der Waals surface area contributed by atoms with Gasteiger partial charge in [-0.15, -0.1) is 0 Å². The summed E-state index contributed by atoms with van der Waals surface area (Å²) in [6, 6.07) is 9.40. The van der Waals surface area contributed by atoms with Crippen LogP contribution >= 0.6 is 0 Å². The molecule has 0 spiro atoms. The van der Waals surface area contributed by atoms with E-state index in [4.69, 9.17) is 5.26 Å². The molecule has 0 heterocycles. The van der Waals surface area contributed by atoms with E-state index in [9.17, 15) is 30.3 Å². The van der Waals surface area contributed by atoms with E-state index >= 15 is 0 Å². The Morgan fingerprint density at radius 1 is 0.840 bits per heavy atom. The Morgan fingerprint density at radius 2 is 1.36 bits per heavy atom. The minimum Gasteiger partial charge on any atom is -0.258 e. The molecule has 0 aromatic heterocycles. The predicted molar refractivity (Wildman–Crippen MR) is 86.5 cm³/mol. The van der Waals surface area contributed by atoms with Crippen LogP contribution in [0.4, 0.5) is 17.1 Å². The van der Waals surface area contributed by atoms with Crippen LogP contribution < -0.4 is 0 Å². The van der Waals surface area contributed by atoms with Crippen molar-refractivity contribution in [3.05, 3.63) is 83.4 Å². The first kappa shape index (κ1) is 17.2. The van der Waals surface area contributed by atoms with E-state index in [1.807, 2.05) is 6.07 Å². The second-order valence-corrected chi connectivity index (χ2v) is 4.74. The number of rotatable bonds is 5. The molecule has 2 rings (SSSR count). The van der Waals surface area contributed by atoms with Crippen molar-refractivity contribution in [3.8, 4) is 6.07 Å². The molecule has 0 saturated carbocycles. The van der Waals surface area contributed by atoms with E-state index in [0.29, 0.717) is 23.3 Å². The second-order valence-electron chi connectivity index (χ2n) is 4.74. The summed E-state index contributed by atoms with van der Waals surface area (Å²) in [7, 11) is 0. The molecule has 2 aromatic rings. The van der Waals surface area contributed by atoms with E-state index in [-0.39, 0.29) is 5.56 Å². The molecule has 0 bridgehead atoms. The van der Waals surface area contributed by atoms with Gasteiger partial charge >= 0.3 is 0 Å². The highest BCUT2D eigenvalue weighted by Gasteiger charge is 2.28. The summed E-state index contributed by atoms with van der Waals surface area (Å²) in [5.74, 6) is 0. The molecule has 0 aliphatic carbocycles. The lowest BCUT2D eigenvalue weighted by Crippen LogP contribution is -2.00. The first-order chi connectivity index (χ1) is 11.8. The van der Waals surface area contributed by atoms with Crippen molar-refractivity contribution in [1.82, 2.24) is 0 Å². The van der Waals surface area contributed by atoms with Crippen LogP contribution in [0.5, 0.6) is 0 Å². The Labute approximate surface area is 139 Å². The van der Waals surface area contributed by atoms with E-state index in [0.717, 1.165) is 6.08 Å². The fourth-order valence-corrected chi connectivity index (χ4v) is 2.04. The highest BCUT2D eigenvalue weighted by Crippen LogP contribution is 2.35. The van der Waals surface area contributed by atoms with Gasteiger partial charge < -0.3 is 0 Å². The van der Waals surface area contributed by atoms with Crippen LogP contribution in [0.2, 0.25) is 0 Å². The third-order valence-corrected chi connectivity index (χ3v) is 3.21. The van der Waals surface area contributed by atoms with Gasteiger partial charge in [-0.25, -0.2) is 0 Å². The molecule has 10 heteroatoms. The zero-order chi connectivity index (χ0) is 18.6. The molecule has 124 valence electrons. The van der Waals surface area contributed by atoms with Crippen molar-refractivity contribution in [1.29, 1.82) is 5.26 Å². The lowest BCUT2D eigenvalue weighted by Gasteiger charge is -2.01. The van der Waals surface area contributed by atoms with Crippen molar-refractivity contribution < 1.29 is 14.8 Å². The molecule has 25 heavy (non-hydrogen) atoms. The minimum absolute atomic E-state index is 0.357. The Hall–Kier alpha value is -4.13. The average molecular weight is 340 g/mol. The summed E-state index contributed by atoms with van der Waals surface area (Å²) in [6.07, 6.45) is 2.52. The third kappa shape index (κ3) is 3.80. The molecule has 0 radical (unpaired) electrons. The normalized spacial score (nSPS) is 10.4. The topological polar surface area (TPSA) is 153 Å². The summed E-state index contributed by atoms with van der Waals surface area (Å²) in [5.41, 5.74) is -1.64. The maximum atomic E-state index is 11.2. The zero-order valence-corrected chi connectivity index (χ0v) is 12.4. The fraction of sp³-hybridized carbons (Fsp3) is 0. The fourth-order valence-electron chi connectivity index (χ4n) is 2.04. The molecule has 0 fully saturated rings. The molecule has 0 N–H and O–H groups in total. The van der Waals surface area contributed by atoms with E-state index in [2.05, 4.69) is 0 Å². The lowest BCUT2D eigenvalue weighted by atomic mass is 10.1. The number of nitrogens with zero attached hydrogens (tertiary/aromatic N) is 4. The van der Waals surface area contributed by atoms with Crippen LogP contribution in [-0.4, -0.2) is 14.8 Å². The van der Waals surface area contributed by atoms with Gasteiger partial charge in [-0.3, -0.25) is 30.3 Å². The molecule has 0 unspecified atom stereocenters. The van der Waals surface area contributed by atoms with Crippen LogP contribution in [-0.2, 0) is 0 Å². The molecule has 0 amide bonds. The van der Waals surface area contributed by atoms with Crippen molar-refractivity contribution in [2.75, 3.05) is 0 Å². The first-order valence-corrected chi connectivity index (χ1v) is 6.63. The predicted octanol–water partition coefficient (Wildman–Crippen LogP) is 3.45. The molecule has 0 atom stereocenters. The zero-order valence-electron chi connectivity index (χ0n) is 12.4. The van der Waals surface area contributed by atoms with Crippen LogP contribution in [0.3, 0.4) is 0 Å². The van der Waals surface area contributed by atoms with Gasteiger partial charge in [0.2, 0.25) is 0 Å². The quantitative estimate of drug-likeness (QED) is 0.458. The number of nitriles is 1. The summed E-state index contributed by atoms with van der Waals surface area (Å²) in [5, 5.41) is 41.9. The standard InChI is InChI=1S/C15H8N4O6/c16-9-11-3-1-10(2-4-11)5-6-13-14(18(22)23)7-12(17(20)21)8-15(13)19(24)25/h1-8H/b6-5+. The monoisotopic (exact) mass is 340 g/mol. The molecular formula is C15H8N4O6. The summed E-state index contributed by atoms with van der Waals surface area (Å²) < 4.78 is 0. The van der Waals surface area contributed by atoms with Crippen LogP contribution in [0, 0.1) is 41.7 Å². The van der Waals surface area contributed by atoms with E-state index in [1.54, 1.807) is 12.1 Å². The van der Waals surface area contributed by atoms with Gasteiger partial charge in [0.25, 0.3) is 17.1 Å². The maximum absolute atomic E-state index is 11.2. The van der Waals surface area contributed by atoms with Gasteiger partial charge in [0, 0.05) is 0 Å². The average Bonchev–Trinajstić information content (AvgIpc) is 2.59. The third-order valence-electron chi connectivity index (χ3n) is 3.21. The largest absolute Gasteiger partial charge is 0.290 e. The van der Waals surface area contributed by atoms with Gasteiger partial charge in [-0.05, 0) is 23.8 Å². The number of benzene rings is 2. The van der Waals surface area contributed by atoms with Gasteiger partial charge in [-0.1, -0.05) is 18.2 Å². The van der Waals surface area contributed by atoms with Crippen LogP contribution in [0.15, 0.2) is 36.4 Å². The molecule has 10 nitrogen and oxygen atoms in total. The number of nitro groups is 3. The van der Waals surface area contributed by atoms with Gasteiger partial charge in [0.1, 0.15) is 5.56 Å². The molecule has 0 saturated heterocycles. The smallest absolute Gasteiger partial charge is 0.258 e. The van der Waals surface area contributed by atoms with Gasteiger partial charge in [0.15, 0.2) is 0 Å². The van der Waals surface area contributed by atoms with Gasteiger partial charge in [0.05, 0.1) is 38.5 Å². The molecule has 0 aliphatic rings. The molecule has 0 aliphatic heterocycles. The second kappa shape index (κ2) is 6.97. The first-order valence-electron chi connectivity index (χ1n) is 6.63. The summed E-state index contributed by atoms with van der Waals surface area (Å²) in [4.78, 5) is 30.4. The van der Waals surface area contributed by atoms with E-state index < -0.39 is 31.8 Å². The highest BCUT2D eigenvalue weighted by molar-refractivity contribution is 5.81. The Kier molecular flexibility index (Phi) is 4.80. The highest BCUT2D eigenvalue weighted by atomic mass is 16.6. The molecule has 2 aromatic carbocycles. The van der Waals surface area contributed by atoms with Crippen molar-refractivity contribution in [3.63, 3.8) is 0 Å². The summed E-state index contributed by atoms with van der Waals surface area (Å²) >= 11 is 0. The lowest BCUT2D eigenvalue weighted by molar-refractivity contribution is -0.403. The van der Waals surface area contributed by atoms with Crippen LogP contribution in [0.1, 0.15) is 16.7 Å². The Balaban J connectivity index is 2.59. The summed E-state index contributed by atoms with van der Waals surface area (Å²) in [6.45, 7) is 0. The van der Waals surface area contributed by atoms with Crippen LogP contribution in [0.25, 0.3) is 12.2 Å². The number of hydrogen-bond acceptors (Lipinski definition) is 7. The van der Waals surface area contributed by atoms with Crippen molar-refractivity contribution in [2.45, 2.75) is 0 Å². The minimum atomic E-state index is -0.936. The molecular weight excluding hydrogens is 332 g/mol. The number of nitro benzene ring substituents is 3. The van der Waals surface area contributed by atoms with Gasteiger partial charge in [-0.2, -0.15) is 5.26 Å². The van der Waals surface area contributed by atoms with Crippen molar-refractivity contribution in [2.24, 2.45) is 0 Å². The van der Waals surface area contributed by atoms with E-state index in [1.165, 1.54) is 18.2 Å². The number of hydrogen-bond donors (Lipinski definition) is 0. The maximum Gasteiger partial charge on any atom is 0.290 e. The Bertz CT molecular complexity index is 908. The number of non-ortho nitro benzene ring substituents is 1. The SMILES string of the molecule is N#Cc1ccc(/C=C/c2c([N+](=O)[O-])cc([N+](=O)[O-])cc2[N+](=O)[O-])cc1.